The van der Waals surface area contributed by atoms with Crippen LogP contribution in [0.4, 0.5) is 5.13 Å². The Morgan fingerprint density at radius 1 is 1.22 bits per heavy atom. The SMILES string of the molecule is Cc1noc(C)c1COc1ccc(C(=O)Nc2nc(CN3C[C@H](C)C[C@H](C)C3)cs2)cc1. The molecule has 4 rings (SSSR count). The molecule has 1 saturated heterocycles. The molecule has 1 aliphatic heterocycles. The number of ether oxygens (including phenoxy) is 1. The van der Waals surface area contributed by atoms with Gasteiger partial charge >= 0.3 is 0 Å². The molecule has 3 aromatic rings. The lowest BCUT2D eigenvalue weighted by atomic mass is 9.92. The highest BCUT2D eigenvalue weighted by atomic mass is 32.1. The van der Waals surface area contributed by atoms with Crippen molar-refractivity contribution in [3.05, 3.63) is 57.9 Å². The third kappa shape index (κ3) is 5.55. The number of benzene rings is 1. The molecule has 0 spiro atoms. The van der Waals surface area contributed by atoms with Crippen molar-refractivity contribution in [2.24, 2.45) is 11.8 Å². The van der Waals surface area contributed by atoms with Crippen LogP contribution in [0.5, 0.6) is 5.75 Å². The summed E-state index contributed by atoms with van der Waals surface area (Å²) in [4.78, 5) is 19.7. The van der Waals surface area contributed by atoms with Gasteiger partial charge in [0.25, 0.3) is 5.91 Å². The lowest BCUT2D eigenvalue weighted by Crippen LogP contribution is -2.38. The molecular formula is C24H30N4O3S. The second kappa shape index (κ2) is 9.83. The zero-order valence-corrected chi connectivity index (χ0v) is 19.9. The van der Waals surface area contributed by atoms with Crippen molar-refractivity contribution in [2.45, 2.75) is 47.3 Å². The average molecular weight is 455 g/mol. The van der Waals surface area contributed by atoms with E-state index in [2.05, 4.69) is 34.2 Å². The second-order valence-electron chi connectivity index (χ2n) is 8.85. The molecule has 2 atom stereocenters. The molecule has 1 amide bonds. The van der Waals surface area contributed by atoms with Gasteiger partial charge in [-0.05, 0) is 56.4 Å². The van der Waals surface area contributed by atoms with Gasteiger partial charge in [-0.2, -0.15) is 0 Å². The van der Waals surface area contributed by atoms with E-state index in [0.29, 0.717) is 34.9 Å². The third-order valence-corrected chi connectivity index (χ3v) is 6.59. The molecule has 3 heterocycles. The summed E-state index contributed by atoms with van der Waals surface area (Å²) >= 11 is 1.47. The van der Waals surface area contributed by atoms with Gasteiger partial charge in [0.05, 0.1) is 17.0 Å². The molecule has 8 heteroatoms. The Morgan fingerprint density at radius 2 is 1.94 bits per heavy atom. The zero-order chi connectivity index (χ0) is 22.7. The number of anilines is 1. The normalized spacial score (nSPS) is 19.1. The Kier molecular flexibility index (Phi) is 6.91. The molecule has 1 aliphatic rings. The summed E-state index contributed by atoms with van der Waals surface area (Å²) in [5.74, 6) is 2.69. The van der Waals surface area contributed by atoms with Crippen LogP contribution in [0.15, 0.2) is 34.2 Å². The first-order valence-corrected chi connectivity index (χ1v) is 11.9. The zero-order valence-electron chi connectivity index (χ0n) is 19.1. The van der Waals surface area contributed by atoms with E-state index in [-0.39, 0.29) is 5.91 Å². The fourth-order valence-electron chi connectivity index (χ4n) is 4.32. The molecule has 0 radical (unpaired) electrons. The minimum absolute atomic E-state index is 0.177. The number of nitrogens with zero attached hydrogens (tertiary/aromatic N) is 3. The molecule has 1 N–H and O–H groups in total. The summed E-state index contributed by atoms with van der Waals surface area (Å²) < 4.78 is 11.0. The molecule has 1 fully saturated rings. The van der Waals surface area contributed by atoms with E-state index in [1.165, 1.54) is 17.8 Å². The summed E-state index contributed by atoms with van der Waals surface area (Å²) in [7, 11) is 0. The van der Waals surface area contributed by atoms with Crippen molar-refractivity contribution in [1.82, 2.24) is 15.0 Å². The van der Waals surface area contributed by atoms with E-state index in [1.54, 1.807) is 24.3 Å². The van der Waals surface area contributed by atoms with Crippen LogP contribution in [0, 0.1) is 25.7 Å². The van der Waals surface area contributed by atoms with Crippen molar-refractivity contribution in [1.29, 1.82) is 0 Å². The maximum Gasteiger partial charge on any atom is 0.257 e. The Balaban J connectivity index is 1.30. The number of carbonyl (C=O) groups excluding carboxylic acids is 1. The number of nitrogens with one attached hydrogen (secondary N) is 1. The number of hydrogen-bond donors (Lipinski definition) is 1. The van der Waals surface area contributed by atoms with Crippen molar-refractivity contribution >= 4 is 22.4 Å². The molecule has 0 aliphatic carbocycles. The van der Waals surface area contributed by atoms with Gasteiger partial charge in [0.2, 0.25) is 0 Å². The monoisotopic (exact) mass is 454 g/mol. The summed E-state index contributed by atoms with van der Waals surface area (Å²) in [6.45, 7) is 11.8. The van der Waals surface area contributed by atoms with E-state index in [9.17, 15) is 4.79 Å². The molecule has 0 unspecified atom stereocenters. The van der Waals surface area contributed by atoms with E-state index in [0.717, 1.165) is 42.3 Å². The lowest BCUT2D eigenvalue weighted by molar-refractivity contribution is 0.102. The van der Waals surface area contributed by atoms with Crippen LogP contribution in [0.3, 0.4) is 0 Å². The predicted molar refractivity (Wildman–Crippen MR) is 125 cm³/mol. The number of aryl methyl sites for hydroxylation is 2. The van der Waals surface area contributed by atoms with E-state index in [4.69, 9.17) is 9.26 Å². The molecule has 32 heavy (non-hydrogen) atoms. The number of piperidine rings is 1. The first-order valence-electron chi connectivity index (χ1n) is 11.0. The smallest absolute Gasteiger partial charge is 0.257 e. The first kappa shape index (κ1) is 22.5. The molecule has 7 nitrogen and oxygen atoms in total. The number of carbonyl (C=O) groups is 1. The maximum absolute atomic E-state index is 12.6. The topological polar surface area (TPSA) is 80.5 Å². The molecule has 2 aromatic heterocycles. The Labute approximate surface area is 192 Å². The van der Waals surface area contributed by atoms with Gasteiger partial charge < -0.3 is 9.26 Å². The highest BCUT2D eigenvalue weighted by Crippen LogP contribution is 2.24. The molecular weight excluding hydrogens is 424 g/mol. The number of amides is 1. The van der Waals surface area contributed by atoms with Crippen LogP contribution in [-0.2, 0) is 13.2 Å². The Morgan fingerprint density at radius 3 is 2.59 bits per heavy atom. The van der Waals surface area contributed by atoms with Gasteiger partial charge in [0.15, 0.2) is 5.13 Å². The van der Waals surface area contributed by atoms with Crippen molar-refractivity contribution < 1.29 is 14.1 Å². The van der Waals surface area contributed by atoms with E-state index < -0.39 is 0 Å². The lowest BCUT2D eigenvalue weighted by Gasteiger charge is -2.34. The summed E-state index contributed by atoms with van der Waals surface area (Å²) in [5, 5.41) is 9.50. The highest BCUT2D eigenvalue weighted by molar-refractivity contribution is 7.13. The predicted octanol–water partition coefficient (Wildman–Crippen LogP) is 5.06. The number of hydrogen-bond acceptors (Lipinski definition) is 7. The van der Waals surface area contributed by atoms with Gasteiger partial charge in [0, 0.05) is 30.6 Å². The van der Waals surface area contributed by atoms with Crippen LogP contribution < -0.4 is 10.1 Å². The molecule has 1 aromatic carbocycles. The standard InChI is InChI=1S/C24H30N4O3S/c1-15-9-16(2)11-28(10-15)12-20-14-32-24(25-20)26-23(29)19-5-7-21(8-6-19)30-13-22-17(3)27-31-18(22)4/h5-8,14-16H,9-13H2,1-4H3,(H,25,26,29)/t15-,16+. The highest BCUT2D eigenvalue weighted by Gasteiger charge is 2.22. The minimum atomic E-state index is -0.177. The largest absolute Gasteiger partial charge is 0.489 e. The minimum Gasteiger partial charge on any atom is -0.489 e. The average Bonchev–Trinajstić information content (AvgIpc) is 3.31. The number of aromatic nitrogens is 2. The van der Waals surface area contributed by atoms with Crippen LogP contribution in [0.1, 0.15) is 53.3 Å². The number of thiazole rings is 1. The van der Waals surface area contributed by atoms with Gasteiger partial charge in [-0.15, -0.1) is 11.3 Å². The van der Waals surface area contributed by atoms with Crippen molar-refractivity contribution in [2.75, 3.05) is 18.4 Å². The Bertz CT molecular complexity index is 1030. The van der Waals surface area contributed by atoms with Gasteiger partial charge in [-0.25, -0.2) is 4.98 Å². The molecule has 0 bridgehead atoms. The van der Waals surface area contributed by atoms with E-state index >= 15 is 0 Å². The second-order valence-corrected chi connectivity index (χ2v) is 9.71. The third-order valence-electron chi connectivity index (χ3n) is 5.78. The van der Waals surface area contributed by atoms with Gasteiger partial charge in [0.1, 0.15) is 18.1 Å². The summed E-state index contributed by atoms with van der Waals surface area (Å²) in [5.41, 5.74) is 3.34. The van der Waals surface area contributed by atoms with Crippen LogP contribution in [0.25, 0.3) is 0 Å². The van der Waals surface area contributed by atoms with Gasteiger partial charge in [-0.1, -0.05) is 19.0 Å². The fraction of sp³-hybridized carbons (Fsp3) is 0.458. The number of rotatable bonds is 7. The van der Waals surface area contributed by atoms with E-state index in [1.807, 2.05) is 19.2 Å². The van der Waals surface area contributed by atoms with Crippen molar-refractivity contribution in [3.63, 3.8) is 0 Å². The number of likely N-dealkylation sites (tertiary alicyclic amines) is 1. The first-order chi connectivity index (χ1) is 15.4. The molecule has 0 saturated carbocycles. The van der Waals surface area contributed by atoms with Crippen LogP contribution in [-0.4, -0.2) is 34.0 Å². The van der Waals surface area contributed by atoms with Gasteiger partial charge in [-0.3, -0.25) is 15.0 Å². The maximum atomic E-state index is 12.6. The molecule has 170 valence electrons. The quantitative estimate of drug-likeness (QED) is 0.538. The van der Waals surface area contributed by atoms with Crippen LogP contribution >= 0.6 is 11.3 Å². The summed E-state index contributed by atoms with van der Waals surface area (Å²) in [6.07, 6.45) is 1.29. The van der Waals surface area contributed by atoms with Crippen molar-refractivity contribution in [3.8, 4) is 5.75 Å². The fourth-order valence-corrected chi connectivity index (χ4v) is 5.02. The Hall–Kier alpha value is -2.71. The van der Waals surface area contributed by atoms with Crippen LogP contribution in [0.2, 0.25) is 0 Å². The summed E-state index contributed by atoms with van der Waals surface area (Å²) in [6, 6.07) is 7.09.